The molecule has 4 rings (SSSR count). The average Bonchev–Trinajstić information content (AvgIpc) is 2.83. The third-order valence-electron chi connectivity index (χ3n) is 8.24. The van der Waals surface area contributed by atoms with E-state index >= 15 is 0 Å². The molecular formula is C21H32O2. The minimum atomic E-state index is -0.0935. The van der Waals surface area contributed by atoms with Gasteiger partial charge in [0.1, 0.15) is 6.10 Å². The SMILES string of the molecule is CC(=O)O[C@H]1CC[C@@H]2[C@H]3CC=C4CCCC[C@]4(C)[C@@H]3CC[C@@]12C. The van der Waals surface area contributed by atoms with E-state index in [1.165, 1.54) is 51.4 Å². The minimum absolute atomic E-state index is 0.0935. The van der Waals surface area contributed by atoms with E-state index in [0.29, 0.717) is 5.41 Å². The Labute approximate surface area is 141 Å². The van der Waals surface area contributed by atoms with E-state index in [1.54, 1.807) is 12.5 Å². The van der Waals surface area contributed by atoms with Crippen LogP contribution in [0.2, 0.25) is 0 Å². The number of hydrogen-bond donors (Lipinski definition) is 0. The number of carbonyl (C=O) groups is 1. The molecule has 2 nitrogen and oxygen atoms in total. The Morgan fingerprint density at radius 3 is 2.74 bits per heavy atom. The van der Waals surface area contributed by atoms with Gasteiger partial charge in [-0.1, -0.05) is 31.9 Å². The standard InChI is InChI=1S/C21H32O2/c1-14(22)23-19-10-9-17-16-8-7-15-6-4-5-12-20(15,2)18(16)11-13-21(17,19)3/h7,16-19H,4-6,8-13H2,1-3H3/t16-,17-,18-,19+,20+,21-/m1/s1. The molecule has 0 radical (unpaired) electrons. The molecule has 0 aliphatic heterocycles. The van der Waals surface area contributed by atoms with Crippen molar-refractivity contribution in [2.45, 2.75) is 84.7 Å². The van der Waals surface area contributed by atoms with Gasteiger partial charge in [-0.25, -0.2) is 0 Å². The highest BCUT2D eigenvalue weighted by molar-refractivity contribution is 5.66. The Hall–Kier alpha value is -0.790. The van der Waals surface area contributed by atoms with Crippen LogP contribution < -0.4 is 0 Å². The molecule has 0 N–H and O–H groups in total. The molecule has 0 amide bonds. The molecule has 4 aliphatic rings. The third kappa shape index (κ3) is 2.23. The monoisotopic (exact) mass is 316 g/mol. The first-order valence-electron chi connectivity index (χ1n) is 9.82. The van der Waals surface area contributed by atoms with Crippen molar-refractivity contribution in [1.82, 2.24) is 0 Å². The van der Waals surface area contributed by atoms with Gasteiger partial charge >= 0.3 is 5.97 Å². The zero-order chi connectivity index (χ0) is 16.2. The van der Waals surface area contributed by atoms with Crippen LogP contribution in [0, 0.1) is 28.6 Å². The normalized spacial score (nSPS) is 48.7. The summed E-state index contributed by atoms with van der Waals surface area (Å²) in [5.74, 6) is 2.35. The van der Waals surface area contributed by atoms with Crippen molar-refractivity contribution >= 4 is 5.97 Å². The highest BCUT2D eigenvalue weighted by Crippen LogP contribution is 2.65. The number of fused-ring (bicyclic) bond motifs is 5. The molecule has 3 saturated carbocycles. The lowest BCUT2D eigenvalue weighted by molar-refractivity contribution is -0.156. The fourth-order valence-electron chi connectivity index (χ4n) is 7.04. The summed E-state index contributed by atoms with van der Waals surface area (Å²) in [6, 6.07) is 0. The van der Waals surface area contributed by atoms with Crippen molar-refractivity contribution in [3.8, 4) is 0 Å². The van der Waals surface area contributed by atoms with Gasteiger partial charge in [0.05, 0.1) is 0 Å². The van der Waals surface area contributed by atoms with E-state index in [-0.39, 0.29) is 17.5 Å². The first kappa shape index (κ1) is 15.7. The molecule has 0 spiro atoms. The lowest BCUT2D eigenvalue weighted by atomic mass is 9.48. The largest absolute Gasteiger partial charge is 0.462 e. The molecule has 128 valence electrons. The number of rotatable bonds is 1. The van der Waals surface area contributed by atoms with Crippen molar-refractivity contribution in [3.05, 3.63) is 11.6 Å². The van der Waals surface area contributed by atoms with Crippen LogP contribution >= 0.6 is 0 Å². The number of allylic oxidation sites excluding steroid dienone is 2. The van der Waals surface area contributed by atoms with Crippen molar-refractivity contribution in [2.24, 2.45) is 28.6 Å². The van der Waals surface area contributed by atoms with E-state index in [9.17, 15) is 4.79 Å². The molecule has 0 aromatic heterocycles. The van der Waals surface area contributed by atoms with Gasteiger partial charge in [-0.15, -0.1) is 0 Å². The minimum Gasteiger partial charge on any atom is -0.462 e. The maximum Gasteiger partial charge on any atom is 0.302 e. The van der Waals surface area contributed by atoms with Crippen LogP contribution in [0.5, 0.6) is 0 Å². The zero-order valence-corrected chi connectivity index (χ0v) is 15.1. The van der Waals surface area contributed by atoms with E-state index < -0.39 is 0 Å². The van der Waals surface area contributed by atoms with Gasteiger partial charge in [0.25, 0.3) is 0 Å². The van der Waals surface area contributed by atoms with Crippen LogP contribution in [0.15, 0.2) is 11.6 Å². The predicted octanol–water partition coefficient (Wildman–Crippen LogP) is 5.27. The molecule has 0 bridgehead atoms. The third-order valence-corrected chi connectivity index (χ3v) is 8.24. The van der Waals surface area contributed by atoms with Gasteiger partial charge in [-0.2, -0.15) is 0 Å². The molecule has 2 heteroatoms. The molecule has 0 heterocycles. The van der Waals surface area contributed by atoms with Gasteiger partial charge in [-0.05, 0) is 74.5 Å². The Kier molecular flexibility index (Phi) is 3.66. The molecule has 4 aliphatic carbocycles. The Morgan fingerprint density at radius 2 is 1.96 bits per heavy atom. The number of esters is 1. The second-order valence-electron chi connectivity index (χ2n) is 9.19. The molecule has 0 saturated heterocycles. The quantitative estimate of drug-likeness (QED) is 0.486. The summed E-state index contributed by atoms with van der Waals surface area (Å²) in [6.45, 7) is 6.55. The molecule has 0 unspecified atom stereocenters. The van der Waals surface area contributed by atoms with Crippen molar-refractivity contribution < 1.29 is 9.53 Å². The summed E-state index contributed by atoms with van der Waals surface area (Å²) < 4.78 is 5.74. The maximum absolute atomic E-state index is 11.5. The Morgan fingerprint density at radius 1 is 1.13 bits per heavy atom. The second kappa shape index (κ2) is 5.36. The number of ether oxygens (including phenoxy) is 1. The Bertz CT molecular complexity index is 536. The van der Waals surface area contributed by atoms with Crippen LogP contribution in [0.1, 0.15) is 78.6 Å². The summed E-state index contributed by atoms with van der Waals surface area (Å²) in [5, 5.41) is 0. The van der Waals surface area contributed by atoms with E-state index in [0.717, 1.165) is 24.2 Å². The summed E-state index contributed by atoms with van der Waals surface area (Å²) in [7, 11) is 0. The smallest absolute Gasteiger partial charge is 0.302 e. The summed E-state index contributed by atoms with van der Waals surface area (Å²) >= 11 is 0. The summed E-state index contributed by atoms with van der Waals surface area (Å²) in [6.07, 6.45) is 14.5. The lowest BCUT2D eigenvalue weighted by Crippen LogP contribution is -2.50. The predicted molar refractivity (Wildman–Crippen MR) is 91.9 cm³/mol. The topological polar surface area (TPSA) is 26.3 Å². The number of carbonyl (C=O) groups excluding carboxylic acids is 1. The second-order valence-corrected chi connectivity index (χ2v) is 9.19. The van der Waals surface area contributed by atoms with Gasteiger partial charge in [0.2, 0.25) is 0 Å². The highest BCUT2D eigenvalue weighted by atomic mass is 16.5. The first-order chi connectivity index (χ1) is 10.9. The fourth-order valence-corrected chi connectivity index (χ4v) is 7.04. The molecule has 0 aromatic rings. The Balaban J connectivity index is 1.62. The number of hydrogen-bond acceptors (Lipinski definition) is 2. The molecular weight excluding hydrogens is 284 g/mol. The molecule has 0 aromatic carbocycles. The molecule has 3 fully saturated rings. The van der Waals surface area contributed by atoms with Gasteiger partial charge in [0, 0.05) is 12.3 Å². The van der Waals surface area contributed by atoms with Crippen LogP contribution in [0.4, 0.5) is 0 Å². The van der Waals surface area contributed by atoms with Crippen LogP contribution in [0.3, 0.4) is 0 Å². The van der Waals surface area contributed by atoms with Crippen LogP contribution in [0.25, 0.3) is 0 Å². The first-order valence-corrected chi connectivity index (χ1v) is 9.82. The van der Waals surface area contributed by atoms with Crippen molar-refractivity contribution in [1.29, 1.82) is 0 Å². The van der Waals surface area contributed by atoms with Gasteiger partial charge in [-0.3, -0.25) is 4.79 Å². The summed E-state index contributed by atoms with van der Waals surface area (Å²) in [5.41, 5.74) is 2.48. The average molecular weight is 316 g/mol. The van der Waals surface area contributed by atoms with Gasteiger partial charge in [0.15, 0.2) is 0 Å². The van der Waals surface area contributed by atoms with Crippen molar-refractivity contribution in [2.75, 3.05) is 0 Å². The highest BCUT2D eigenvalue weighted by Gasteiger charge is 2.59. The van der Waals surface area contributed by atoms with Crippen molar-refractivity contribution in [3.63, 3.8) is 0 Å². The zero-order valence-electron chi connectivity index (χ0n) is 15.1. The van der Waals surface area contributed by atoms with Crippen LogP contribution in [-0.2, 0) is 9.53 Å². The van der Waals surface area contributed by atoms with E-state index in [4.69, 9.17) is 4.74 Å². The summed E-state index contributed by atoms with van der Waals surface area (Å²) in [4.78, 5) is 11.5. The molecule has 23 heavy (non-hydrogen) atoms. The lowest BCUT2D eigenvalue weighted by Gasteiger charge is -2.57. The molecule has 6 atom stereocenters. The van der Waals surface area contributed by atoms with Gasteiger partial charge < -0.3 is 4.74 Å². The maximum atomic E-state index is 11.5. The van der Waals surface area contributed by atoms with E-state index in [1.807, 2.05) is 0 Å². The van der Waals surface area contributed by atoms with E-state index in [2.05, 4.69) is 19.9 Å². The fraction of sp³-hybridized carbons (Fsp3) is 0.857. The van der Waals surface area contributed by atoms with Crippen LogP contribution in [-0.4, -0.2) is 12.1 Å².